The third kappa shape index (κ3) is 2.17. The molecule has 0 bridgehead atoms. The summed E-state index contributed by atoms with van der Waals surface area (Å²) in [4.78, 5) is 0. The zero-order valence-corrected chi connectivity index (χ0v) is 7.02. The quantitative estimate of drug-likeness (QED) is 0.629. The van der Waals surface area contributed by atoms with Crippen molar-refractivity contribution in [2.24, 2.45) is 5.92 Å². The molecule has 0 aromatic carbocycles. The minimum atomic E-state index is -2.50. The number of nitrogens with zero attached hydrogens (tertiary/aromatic N) is 1. The van der Waals surface area contributed by atoms with Gasteiger partial charge in [0, 0.05) is 18.8 Å². The van der Waals surface area contributed by atoms with Crippen LogP contribution in [0.1, 0.15) is 38.5 Å². The molecule has 1 aliphatic carbocycles. The van der Waals surface area contributed by atoms with Crippen LogP contribution in [0, 0.1) is 17.2 Å². The predicted octanol–water partition coefficient (Wildman–Crippen LogP) is 3.12. The fraction of sp³-hybridized carbons (Fsp3) is 0.889. The third-order valence-electron chi connectivity index (χ3n) is 2.51. The number of alkyl halides is 2. The fourth-order valence-corrected chi connectivity index (χ4v) is 1.76. The molecule has 1 nitrogen and oxygen atoms in total. The van der Waals surface area contributed by atoms with E-state index in [9.17, 15) is 8.78 Å². The van der Waals surface area contributed by atoms with Crippen molar-refractivity contribution in [2.45, 2.75) is 44.4 Å². The molecule has 1 fully saturated rings. The highest BCUT2D eigenvalue weighted by molar-refractivity contribution is 4.84. The summed E-state index contributed by atoms with van der Waals surface area (Å²) < 4.78 is 26.2. The maximum atomic E-state index is 13.1. The molecule has 1 unspecified atom stereocenters. The van der Waals surface area contributed by atoms with Crippen LogP contribution in [0.4, 0.5) is 8.78 Å². The maximum Gasteiger partial charge on any atom is 0.250 e. The Balaban J connectivity index is 2.44. The fourth-order valence-electron chi connectivity index (χ4n) is 1.76. The molecule has 0 heterocycles. The van der Waals surface area contributed by atoms with Gasteiger partial charge < -0.3 is 0 Å². The highest BCUT2D eigenvalue weighted by Gasteiger charge is 2.40. The van der Waals surface area contributed by atoms with E-state index in [2.05, 4.69) is 0 Å². The van der Waals surface area contributed by atoms with Gasteiger partial charge in [-0.15, -0.1) is 0 Å². The van der Waals surface area contributed by atoms with Crippen LogP contribution in [0.25, 0.3) is 0 Å². The van der Waals surface area contributed by atoms with Crippen molar-refractivity contribution in [3.8, 4) is 6.07 Å². The molecule has 0 radical (unpaired) electrons. The Kier molecular flexibility index (Phi) is 3.02. The Morgan fingerprint density at radius 1 is 1.42 bits per heavy atom. The first-order chi connectivity index (χ1) is 5.67. The van der Waals surface area contributed by atoms with E-state index in [1.54, 1.807) is 0 Å². The van der Waals surface area contributed by atoms with E-state index in [4.69, 9.17) is 5.26 Å². The van der Waals surface area contributed by atoms with Gasteiger partial charge in [0.25, 0.3) is 5.92 Å². The van der Waals surface area contributed by atoms with Gasteiger partial charge in [-0.25, -0.2) is 8.78 Å². The van der Waals surface area contributed by atoms with Crippen LogP contribution >= 0.6 is 0 Å². The van der Waals surface area contributed by atoms with Gasteiger partial charge in [0.05, 0.1) is 6.07 Å². The van der Waals surface area contributed by atoms with Crippen molar-refractivity contribution in [2.75, 3.05) is 0 Å². The SMILES string of the molecule is N#CCCC1CCCCC1(F)F. The zero-order chi connectivity index (χ0) is 9.03. The molecule has 0 N–H and O–H groups in total. The van der Waals surface area contributed by atoms with Gasteiger partial charge in [-0.05, 0) is 19.3 Å². The lowest BCUT2D eigenvalue weighted by molar-refractivity contribution is -0.0876. The zero-order valence-electron chi connectivity index (χ0n) is 7.02. The number of halogens is 2. The topological polar surface area (TPSA) is 23.8 Å². The van der Waals surface area contributed by atoms with Crippen LogP contribution in [-0.4, -0.2) is 5.92 Å². The van der Waals surface area contributed by atoms with Crippen LogP contribution in [0.15, 0.2) is 0 Å². The van der Waals surface area contributed by atoms with Crippen molar-refractivity contribution >= 4 is 0 Å². The number of hydrogen-bond acceptors (Lipinski definition) is 1. The van der Waals surface area contributed by atoms with E-state index in [-0.39, 0.29) is 12.8 Å². The average Bonchev–Trinajstić information content (AvgIpc) is 2.02. The number of nitriles is 1. The van der Waals surface area contributed by atoms with Crippen LogP contribution < -0.4 is 0 Å². The molecule has 1 saturated carbocycles. The molecule has 1 aliphatic rings. The van der Waals surface area contributed by atoms with E-state index in [0.717, 1.165) is 6.42 Å². The first-order valence-electron chi connectivity index (χ1n) is 4.41. The lowest BCUT2D eigenvalue weighted by atomic mass is 9.83. The van der Waals surface area contributed by atoms with E-state index >= 15 is 0 Å². The molecular formula is C9H13F2N. The Labute approximate surface area is 71.4 Å². The van der Waals surface area contributed by atoms with Crippen LogP contribution in [-0.2, 0) is 0 Å². The highest BCUT2D eigenvalue weighted by atomic mass is 19.3. The number of rotatable bonds is 2. The molecule has 0 spiro atoms. The first kappa shape index (κ1) is 9.44. The van der Waals surface area contributed by atoms with Crippen LogP contribution in [0.5, 0.6) is 0 Å². The summed E-state index contributed by atoms with van der Waals surface area (Å²) in [6.45, 7) is 0. The van der Waals surface area contributed by atoms with Gasteiger partial charge in [-0.1, -0.05) is 6.42 Å². The van der Waals surface area contributed by atoms with Gasteiger partial charge in [0.1, 0.15) is 0 Å². The van der Waals surface area contributed by atoms with Gasteiger partial charge in [-0.3, -0.25) is 0 Å². The molecule has 12 heavy (non-hydrogen) atoms. The van der Waals surface area contributed by atoms with Crippen molar-refractivity contribution in [1.29, 1.82) is 5.26 Å². The monoisotopic (exact) mass is 173 g/mol. The third-order valence-corrected chi connectivity index (χ3v) is 2.51. The van der Waals surface area contributed by atoms with Crippen LogP contribution in [0.2, 0.25) is 0 Å². The second-order valence-electron chi connectivity index (χ2n) is 3.40. The van der Waals surface area contributed by atoms with Gasteiger partial charge in [0.2, 0.25) is 0 Å². The van der Waals surface area contributed by atoms with Crippen LogP contribution in [0.3, 0.4) is 0 Å². The van der Waals surface area contributed by atoms with Gasteiger partial charge >= 0.3 is 0 Å². The summed E-state index contributed by atoms with van der Waals surface area (Å²) in [6, 6.07) is 1.92. The number of hydrogen-bond donors (Lipinski definition) is 0. The molecule has 0 aromatic rings. The largest absolute Gasteiger partial charge is 0.250 e. The minimum absolute atomic E-state index is 0.0170. The first-order valence-corrected chi connectivity index (χ1v) is 4.41. The lowest BCUT2D eigenvalue weighted by Crippen LogP contribution is -2.31. The minimum Gasteiger partial charge on any atom is -0.207 e. The molecular weight excluding hydrogens is 160 g/mol. The summed E-state index contributed by atoms with van der Waals surface area (Å²) in [5, 5.41) is 8.27. The van der Waals surface area contributed by atoms with Crippen molar-refractivity contribution in [3.63, 3.8) is 0 Å². The van der Waals surface area contributed by atoms with Crippen molar-refractivity contribution in [3.05, 3.63) is 0 Å². The lowest BCUT2D eigenvalue weighted by Gasteiger charge is -2.30. The highest BCUT2D eigenvalue weighted by Crippen LogP contribution is 2.40. The average molecular weight is 173 g/mol. The molecule has 1 atom stereocenters. The predicted molar refractivity (Wildman–Crippen MR) is 41.8 cm³/mol. The molecule has 3 heteroatoms. The molecule has 0 saturated heterocycles. The summed E-state index contributed by atoms with van der Waals surface area (Å²) in [7, 11) is 0. The molecule has 68 valence electrons. The molecule has 0 aromatic heterocycles. The normalized spacial score (nSPS) is 27.9. The molecule has 0 amide bonds. The van der Waals surface area contributed by atoms with Gasteiger partial charge in [-0.2, -0.15) is 5.26 Å². The van der Waals surface area contributed by atoms with E-state index in [1.807, 2.05) is 6.07 Å². The Bertz CT molecular complexity index is 183. The second-order valence-corrected chi connectivity index (χ2v) is 3.40. The van der Waals surface area contributed by atoms with E-state index in [0.29, 0.717) is 19.3 Å². The van der Waals surface area contributed by atoms with E-state index < -0.39 is 11.8 Å². The summed E-state index contributed by atoms with van der Waals surface area (Å²) >= 11 is 0. The van der Waals surface area contributed by atoms with E-state index in [1.165, 1.54) is 0 Å². The second kappa shape index (κ2) is 3.84. The summed E-state index contributed by atoms with van der Waals surface area (Å²) in [6.07, 6.45) is 2.77. The Morgan fingerprint density at radius 2 is 2.17 bits per heavy atom. The standard InChI is InChI=1S/C9H13F2N/c10-9(11)6-2-1-4-8(9)5-3-7-12/h8H,1-6H2. The summed E-state index contributed by atoms with van der Waals surface area (Å²) in [5.74, 6) is -3.04. The van der Waals surface area contributed by atoms with Crippen molar-refractivity contribution in [1.82, 2.24) is 0 Å². The molecule has 0 aliphatic heterocycles. The van der Waals surface area contributed by atoms with Crippen molar-refractivity contribution < 1.29 is 8.78 Å². The summed E-state index contributed by atoms with van der Waals surface area (Å²) in [5.41, 5.74) is 0. The Hall–Kier alpha value is -0.650. The molecule has 1 rings (SSSR count). The maximum absolute atomic E-state index is 13.1. The Morgan fingerprint density at radius 3 is 2.75 bits per heavy atom. The van der Waals surface area contributed by atoms with Gasteiger partial charge in [0.15, 0.2) is 0 Å². The smallest absolute Gasteiger partial charge is 0.207 e.